The fourth-order valence-electron chi connectivity index (χ4n) is 3.38. The lowest BCUT2D eigenvalue weighted by atomic mass is 9.99. The highest BCUT2D eigenvalue weighted by Crippen LogP contribution is 2.23. The lowest BCUT2D eigenvalue weighted by Gasteiger charge is -2.35. The summed E-state index contributed by atoms with van der Waals surface area (Å²) in [5.41, 5.74) is 3.33. The van der Waals surface area contributed by atoms with E-state index >= 15 is 0 Å². The van der Waals surface area contributed by atoms with Crippen LogP contribution in [0.25, 0.3) is 5.65 Å². The first kappa shape index (κ1) is 15.0. The zero-order valence-corrected chi connectivity index (χ0v) is 13.2. The molecule has 118 valence electrons. The van der Waals surface area contributed by atoms with Crippen LogP contribution in [-0.4, -0.2) is 44.5 Å². The number of aryl methyl sites for hydroxylation is 2. The fourth-order valence-corrected chi connectivity index (χ4v) is 3.38. The van der Waals surface area contributed by atoms with Gasteiger partial charge in [0, 0.05) is 25.4 Å². The van der Waals surface area contributed by atoms with Gasteiger partial charge in [-0.05, 0) is 51.2 Å². The number of likely N-dealkylation sites (tertiary alicyclic amines) is 1. The number of hydrogen-bond acceptors (Lipinski definition) is 3. The normalized spacial score (nSPS) is 18.9. The number of nitrogens with zero attached hydrogens (tertiary/aromatic N) is 3. The second kappa shape index (κ2) is 6.08. The number of piperidine rings is 1. The fraction of sp³-hybridized carbons (Fsp3) is 0.529. The molecule has 22 heavy (non-hydrogen) atoms. The molecule has 2 aromatic rings. The molecule has 0 bridgehead atoms. The van der Waals surface area contributed by atoms with Crippen LogP contribution in [0, 0.1) is 13.8 Å². The average Bonchev–Trinajstić information content (AvgIpc) is 2.82. The molecule has 0 radical (unpaired) electrons. The molecule has 1 N–H and O–H groups in total. The number of amides is 1. The minimum Gasteiger partial charge on any atom is -0.396 e. The van der Waals surface area contributed by atoms with Gasteiger partial charge < -0.3 is 10.0 Å². The van der Waals surface area contributed by atoms with E-state index in [1.807, 2.05) is 41.5 Å². The summed E-state index contributed by atoms with van der Waals surface area (Å²) in [4.78, 5) is 19.5. The first-order chi connectivity index (χ1) is 10.6. The number of fused-ring (bicyclic) bond motifs is 1. The Bertz CT molecular complexity index is 691. The number of pyridine rings is 1. The van der Waals surface area contributed by atoms with E-state index in [1.54, 1.807) is 0 Å². The molecule has 1 amide bonds. The summed E-state index contributed by atoms with van der Waals surface area (Å²) in [5.74, 6) is 0.0359. The minimum absolute atomic E-state index is 0.0359. The third-order valence-corrected chi connectivity index (χ3v) is 4.49. The van der Waals surface area contributed by atoms with Crippen molar-refractivity contribution in [3.63, 3.8) is 0 Å². The van der Waals surface area contributed by atoms with E-state index in [2.05, 4.69) is 4.98 Å². The lowest BCUT2D eigenvalue weighted by molar-refractivity contribution is 0.0567. The van der Waals surface area contributed by atoms with Crippen molar-refractivity contribution in [1.29, 1.82) is 0 Å². The zero-order chi connectivity index (χ0) is 15.7. The van der Waals surface area contributed by atoms with Crippen molar-refractivity contribution in [2.24, 2.45) is 0 Å². The van der Waals surface area contributed by atoms with E-state index in [0.29, 0.717) is 12.1 Å². The molecular weight excluding hydrogens is 278 g/mol. The number of aromatic nitrogens is 2. The topological polar surface area (TPSA) is 57.8 Å². The van der Waals surface area contributed by atoms with Gasteiger partial charge in [0.2, 0.25) is 0 Å². The molecule has 1 atom stereocenters. The molecule has 1 fully saturated rings. The number of aliphatic hydroxyl groups is 1. The SMILES string of the molecule is Cc1ccc2nc(C)c(C(=O)N3CCCCC3CCO)n2c1. The predicted molar refractivity (Wildman–Crippen MR) is 85.0 cm³/mol. The Hall–Kier alpha value is -1.88. The summed E-state index contributed by atoms with van der Waals surface area (Å²) in [6, 6.07) is 4.09. The van der Waals surface area contributed by atoms with Gasteiger partial charge in [-0.25, -0.2) is 4.98 Å². The van der Waals surface area contributed by atoms with E-state index in [1.165, 1.54) is 0 Å². The third-order valence-electron chi connectivity index (χ3n) is 4.49. The van der Waals surface area contributed by atoms with Crippen molar-refractivity contribution in [2.45, 2.75) is 45.6 Å². The second-order valence-corrected chi connectivity index (χ2v) is 6.14. The molecule has 1 unspecified atom stereocenters. The van der Waals surface area contributed by atoms with Crippen LogP contribution in [0.4, 0.5) is 0 Å². The summed E-state index contributed by atoms with van der Waals surface area (Å²) in [6.07, 6.45) is 5.75. The first-order valence-corrected chi connectivity index (χ1v) is 7.99. The van der Waals surface area contributed by atoms with Gasteiger partial charge in [0.25, 0.3) is 5.91 Å². The first-order valence-electron chi connectivity index (χ1n) is 7.99. The average molecular weight is 301 g/mol. The molecule has 1 aliphatic heterocycles. The van der Waals surface area contributed by atoms with Gasteiger partial charge in [-0.1, -0.05) is 6.07 Å². The molecule has 1 saturated heterocycles. The molecule has 1 aliphatic rings. The van der Waals surface area contributed by atoms with Gasteiger partial charge in [-0.15, -0.1) is 0 Å². The highest BCUT2D eigenvalue weighted by atomic mass is 16.3. The summed E-state index contributed by atoms with van der Waals surface area (Å²) in [7, 11) is 0. The lowest BCUT2D eigenvalue weighted by Crippen LogP contribution is -2.44. The number of carbonyl (C=O) groups excluding carboxylic acids is 1. The molecule has 0 aliphatic carbocycles. The van der Waals surface area contributed by atoms with Crippen LogP contribution < -0.4 is 0 Å². The quantitative estimate of drug-likeness (QED) is 0.946. The van der Waals surface area contributed by atoms with Crippen LogP contribution in [0.5, 0.6) is 0 Å². The Morgan fingerprint density at radius 1 is 1.36 bits per heavy atom. The highest BCUT2D eigenvalue weighted by Gasteiger charge is 2.30. The monoisotopic (exact) mass is 301 g/mol. The molecule has 2 aromatic heterocycles. The van der Waals surface area contributed by atoms with Crippen molar-refractivity contribution in [2.75, 3.05) is 13.2 Å². The van der Waals surface area contributed by atoms with Crippen molar-refractivity contribution in [3.05, 3.63) is 35.3 Å². The summed E-state index contributed by atoms with van der Waals surface area (Å²) >= 11 is 0. The van der Waals surface area contributed by atoms with Crippen LogP contribution in [0.1, 0.15) is 47.4 Å². The maximum atomic E-state index is 13.1. The Morgan fingerprint density at radius 3 is 2.95 bits per heavy atom. The molecule has 3 rings (SSSR count). The van der Waals surface area contributed by atoms with E-state index < -0.39 is 0 Å². The van der Waals surface area contributed by atoms with E-state index in [9.17, 15) is 9.90 Å². The van der Waals surface area contributed by atoms with Gasteiger partial charge in [-0.2, -0.15) is 0 Å². The van der Waals surface area contributed by atoms with Crippen molar-refractivity contribution >= 4 is 11.6 Å². The maximum absolute atomic E-state index is 13.1. The van der Waals surface area contributed by atoms with Crippen molar-refractivity contribution in [1.82, 2.24) is 14.3 Å². The summed E-state index contributed by atoms with van der Waals surface area (Å²) < 4.78 is 1.90. The molecular formula is C17H23N3O2. The smallest absolute Gasteiger partial charge is 0.273 e. The van der Waals surface area contributed by atoms with E-state index in [0.717, 1.165) is 42.7 Å². The van der Waals surface area contributed by atoms with Gasteiger partial charge in [-0.3, -0.25) is 9.20 Å². The molecule has 0 aromatic carbocycles. The van der Waals surface area contributed by atoms with Crippen molar-refractivity contribution < 1.29 is 9.90 Å². The molecule has 5 heteroatoms. The predicted octanol–water partition coefficient (Wildman–Crippen LogP) is 2.33. The molecule has 0 spiro atoms. The Kier molecular flexibility index (Phi) is 4.16. The number of hydrogen-bond donors (Lipinski definition) is 1. The Labute approximate surface area is 130 Å². The number of carbonyl (C=O) groups is 1. The summed E-state index contributed by atoms with van der Waals surface area (Å²) in [6.45, 7) is 4.79. The zero-order valence-electron chi connectivity index (χ0n) is 13.2. The van der Waals surface area contributed by atoms with Crippen LogP contribution in [0.15, 0.2) is 18.3 Å². The van der Waals surface area contributed by atoms with Gasteiger partial charge in [0.15, 0.2) is 0 Å². The van der Waals surface area contributed by atoms with Crippen LogP contribution in [0.3, 0.4) is 0 Å². The minimum atomic E-state index is 0.0359. The van der Waals surface area contributed by atoms with Crippen LogP contribution >= 0.6 is 0 Å². The Morgan fingerprint density at radius 2 is 2.18 bits per heavy atom. The summed E-state index contributed by atoms with van der Waals surface area (Å²) in [5, 5.41) is 9.26. The number of rotatable bonds is 3. The molecule has 0 saturated carbocycles. The van der Waals surface area contributed by atoms with E-state index in [-0.39, 0.29) is 18.6 Å². The van der Waals surface area contributed by atoms with Gasteiger partial charge in [0.05, 0.1) is 5.69 Å². The van der Waals surface area contributed by atoms with E-state index in [4.69, 9.17) is 0 Å². The largest absolute Gasteiger partial charge is 0.396 e. The van der Waals surface area contributed by atoms with Crippen LogP contribution in [-0.2, 0) is 0 Å². The standard InChI is InChI=1S/C17H23N3O2/c1-12-6-7-15-18-13(2)16(20(15)11-12)17(22)19-9-4-3-5-14(19)8-10-21/h6-7,11,14,21H,3-5,8-10H2,1-2H3. The van der Waals surface area contributed by atoms with Crippen LogP contribution in [0.2, 0.25) is 0 Å². The maximum Gasteiger partial charge on any atom is 0.273 e. The van der Waals surface area contributed by atoms with Gasteiger partial charge in [0.1, 0.15) is 11.3 Å². The molecule has 3 heterocycles. The second-order valence-electron chi connectivity index (χ2n) is 6.14. The van der Waals surface area contributed by atoms with Gasteiger partial charge >= 0.3 is 0 Å². The molecule has 5 nitrogen and oxygen atoms in total. The number of aliphatic hydroxyl groups excluding tert-OH is 1. The third kappa shape index (κ3) is 2.61. The highest BCUT2D eigenvalue weighted by molar-refractivity contribution is 5.95. The van der Waals surface area contributed by atoms with Crippen molar-refractivity contribution in [3.8, 4) is 0 Å². The Balaban J connectivity index is 2.00. The number of imidazole rings is 1.